The average molecular weight is 630 g/mol. The maximum Gasteiger partial charge on any atom is 0.247 e. The number of ether oxygens (including phenoxy) is 1. The first-order chi connectivity index (χ1) is 23.0. The van der Waals surface area contributed by atoms with E-state index in [0.29, 0.717) is 31.9 Å². The quantitative estimate of drug-likeness (QED) is 0.228. The van der Waals surface area contributed by atoms with Crippen LogP contribution in [0.1, 0.15) is 27.8 Å². The monoisotopic (exact) mass is 629 g/mol. The number of piperazine rings is 1. The van der Waals surface area contributed by atoms with Gasteiger partial charge >= 0.3 is 0 Å². The van der Waals surface area contributed by atoms with E-state index in [2.05, 4.69) is 64.3 Å². The molecule has 0 radical (unpaired) electrons. The van der Waals surface area contributed by atoms with E-state index in [1.54, 1.807) is 36.4 Å². The maximum atomic E-state index is 14.6. The Labute approximate surface area is 277 Å². The van der Waals surface area contributed by atoms with Gasteiger partial charge in [0.15, 0.2) is 0 Å². The molecule has 242 valence electrons. The van der Waals surface area contributed by atoms with E-state index in [1.165, 1.54) is 11.3 Å². The fourth-order valence-corrected chi connectivity index (χ4v) is 6.35. The van der Waals surface area contributed by atoms with Crippen LogP contribution in [0.2, 0.25) is 0 Å². The first-order valence-corrected chi connectivity index (χ1v) is 16.4. The number of fused-ring (bicyclic) bond motifs is 1. The standard InChI is InChI=1S/C39H43N5O3/c1-41-22-24-42(25-23-41)35-16-12-32(13-17-35)28-44(38(45)19-15-31-14-18-37(47-2)40-27-31)36(26-30-8-4-3-5-9-30)39(46)43-21-20-33-10-6-7-11-34(33)29-43/h3-19,27,36H,20-26,28-29H2,1-2H3/t36-/m0/s1. The van der Waals surface area contributed by atoms with Gasteiger partial charge in [0, 0.05) is 76.3 Å². The van der Waals surface area contributed by atoms with Crippen molar-refractivity contribution >= 4 is 23.6 Å². The van der Waals surface area contributed by atoms with E-state index in [-0.39, 0.29) is 11.8 Å². The summed E-state index contributed by atoms with van der Waals surface area (Å²) in [6.07, 6.45) is 6.19. The Kier molecular flexibility index (Phi) is 10.3. The average Bonchev–Trinajstić information content (AvgIpc) is 3.13. The lowest BCUT2D eigenvalue weighted by atomic mass is 9.97. The molecule has 0 spiro atoms. The summed E-state index contributed by atoms with van der Waals surface area (Å²) in [5.41, 5.74) is 6.38. The molecule has 4 aromatic rings. The molecule has 1 aromatic heterocycles. The number of carbonyl (C=O) groups is 2. The van der Waals surface area contributed by atoms with Gasteiger partial charge < -0.3 is 24.3 Å². The van der Waals surface area contributed by atoms with E-state index in [9.17, 15) is 9.59 Å². The Morgan fingerprint density at radius 1 is 0.851 bits per heavy atom. The number of amides is 2. The lowest BCUT2D eigenvalue weighted by Crippen LogP contribution is -2.52. The summed E-state index contributed by atoms with van der Waals surface area (Å²) < 4.78 is 5.19. The number of methoxy groups -OCH3 is 1. The topological polar surface area (TPSA) is 69.2 Å². The zero-order chi connectivity index (χ0) is 32.6. The molecule has 0 aliphatic carbocycles. The van der Waals surface area contributed by atoms with Crippen molar-refractivity contribution in [3.8, 4) is 5.88 Å². The summed E-state index contributed by atoms with van der Waals surface area (Å²) >= 11 is 0. The van der Waals surface area contributed by atoms with Gasteiger partial charge in [-0.3, -0.25) is 9.59 Å². The Hall–Kier alpha value is -4.95. The number of pyridine rings is 1. The molecule has 0 N–H and O–H groups in total. The predicted molar refractivity (Wildman–Crippen MR) is 186 cm³/mol. The molecule has 0 unspecified atom stereocenters. The highest BCUT2D eigenvalue weighted by molar-refractivity contribution is 5.95. The Morgan fingerprint density at radius 3 is 2.28 bits per heavy atom. The lowest BCUT2D eigenvalue weighted by molar-refractivity contribution is -0.144. The second kappa shape index (κ2) is 15.1. The third-order valence-electron chi connectivity index (χ3n) is 9.20. The number of benzene rings is 3. The highest BCUT2D eigenvalue weighted by atomic mass is 16.5. The number of aromatic nitrogens is 1. The van der Waals surface area contributed by atoms with Crippen molar-refractivity contribution in [1.82, 2.24) is 19.7 Å². The Morgan fingerprint density at radius 2 is 1.57 bits per heavy atom. The first kappa shape index (κ1) is 32.0. The number of likely N-dealkylation sites (N-methyl/N-ethyl adjacent to an activating group) is 1. The van der Waals surface area contributed by atoms with Crippen molar-refractivity contribution in [3.63, 3.8) is 0 Å². The molecular formula is C39H43N5O3. The molecule has 0 saturated carbocycles. The highest BCUT2D eigenvalue weighted by Crippen LogP contribution is 2.24. The molecule has 1 saturated heterocycles. The molecule has 2 aliphatic heterocycles. The van der Waals surface area contributed by atoms with Crippen molar-refractivity contribution in [2.45, 2.75) is 32.0 Å². The van der Waals surface area contributed by atoms with Gasteiger partial charge in [-0.25, -0.2) is 4.98 Å². The second-order valence-electron chi connectivity index (χ2n) is 12.4. The summed E-state index contributed by atoms with van der Waals surface area (Å²) in [7, 11) is 3.73. The van der Waals surface area contributed by atoms with Crippen LogP contribution in [0.15, 0.2) is 103 Å². The van der Waals surface area contributed by atoms with Crippen LogP contribution >= 0.6 is 0 Å². The summed E-state index contributed by atoms with van der Waals surface area (Å²) in [6.45, 7) is 5.50. The second-order valence-corrected chi connectivity index (χ2v) is 12.4. The van der Waals surface area contributed by atoms with E-state index in [4.69, 9.17) is 4.74 Å². The van der Waals surface area contributed by atoms with Crippen LogP contribution in [0.25, 0.3) is 6.08 Å². The zero-order valence-corrected chi connectivity index (χ0v) is 27.3. The Bertz CT molecular complexity index is 1670. The number of nitrogens with zero attached hydrogens (tertiary/aromatic N) is 5. The van der Waals surface area contributed by atoms with Crippen molar-refractivity contribution in [2.75, 3.05) is 51.8 Å². The molecule has 2 amide bonds. The van der Waals surface area contributed by atoms with Crippen molar-refractivity contribution in [3.05, 3.63) is 131 Å². The molecule has 1 atom stereocenters. The van der Waals surface area contributed by atoms with Crippen LogP contribution in [-0.2, 0) is 35.5 Å². The van der Waals surface area contributed by atoms with E-state index in [0.717, 1.165) is 54.9 Å². The normalized spacial score (nSPS) is 15.7. The maximum absolute atomic E-state index is 14.6. The van der Waals surface area contributed by atoms with E-state index in [1.807, 2.05) is 47.4 Å². The molecule has 3 aromatic carbocycles. The third-order valence-corrected chi connectivity index (χ3v) is 9.20. The van der Waals surface area contributed by atoms with Crippen molar-refractivity contribution in [2.24, 2.45) is 0 Å². The van der Waals surface area contributed by atoms with E-state index < -0.39 is 6.04 Å². The Balaban J connectivity index is 1.31. The van der Waals surface area contributed by atoms with Crippen LogP contribution in [0.5, 0.6) is 5.88 Å². The summed E-state index contributed by atoms with van der Waals surface area (Å²) in [6, 6.07) is 29.7. The highest BCUT2D eigenvalue weighted by Gasteiger charge is 2.34. The number of carbonyl (C=O) groups excluding carboxylic acids is 2. The molecule has 8 nitrogen and oxygen atoms in total. The van der Waals surface area contributed by atoms with Gasteiger partial charge in [0.25, 0.3) is 0 Å². The summed E-state index contributed by atoms with van der Waals surface area (Å²) in [5.74, 6) is 0.243. The van der Waals surface area contributed by atoms with Gasteiger partial charge in [-0.05, 0) is 65.6 Å². The number of hydrogen-bond donors (Lipinski definition) is 0. The minimum absolute atomic E-state index is 0.0368. The van der Waals surface area contributed by atoms with Gasteiger partial charge in [0.2, 0.25) is 17.7 Å². The molecule has 47 heavy (non-hydrogen) atoms. The number of anilines is 1. The van der Waals surface area contributed by atoms with E-state index >= 15 is 0 Å². The van der Waals surface area contributed by atoms with Crippen LogP contribution in [0.3, 0.4) is 0 Å². The zero-order valence-electron chi connectivity index (χ0n) is 27.3. The van der Waals surface area contributed by atoms with Crippen molar-refractivity contribution in [1.29, 1.82) is 0 Å². The minimum atomic E-state index is -0.689. The number of hydrogen-bond acceptors (Lipinski definition) is 6. The van der Waals surface area contributed by atoms with Crippen LogP contribution in [-0.4, -0.2) is 84.4 Å². The smallest absolute Gasteiger partial charge is 0.247 e. The van der Waals surface area contributed by atoms with Crippen LogP contribution < -0.4 is 9.64 Å². The summed E-state index contributed by atoms with van der Waals surface area (Å²) in [4.78, 5) is 41.4. The SMILES string of the molecule is COc1ccc(C=CC(=O)N(Cc2ccc(N3CCN(C)CC3)cc2)[C@@H](Cc2ccccc2)C(=O)N2CCc3ccccc3C2)cn1. The molecule has 1 fully saturated rings. The van der Waals surface area contributed by atoms with Crippen molar-refractivity contribution < 1.29 is 14.3 Å². The predicted octanol–water partition coefficient (Wildman–Crippen LogP) is 5.08. The molecule has 6 rings (SSSR count). The van der Waals surface area contributed by atoms with Gasteiger partial charge in [0.1, 0.15) is 6.04 Å². The van der Waals surface area contributed by atoms with Gasteiger partial charge in [-0.15, -0.1) is 0 Å². The fraction of sp³-hybridized carbons (Fsp3) is 0.308. The molecule has 0 bridgehead atoms. The van der Waals surface area contributed by atoms with Gasteiger partial charge in [-0.2, -0.15) is 0 Å². The lowest BCUT2D eigenvalue weighted by Gasteiger charge is -2.37. The largest absolute Gasteiger partial charge is 0.481 e. The summed E-state index contributed by atoms with van der Waals surface area (Å²) in [5, 5.41) is 0. The molecule has 2 aliphatic rings. The minimum Gasteiger partial charge on any atom is -0.481 e. The third kappa shape index (κ3) is 8.07. The van der Waals surface area contributed by atoms with Crippen LogP contribution in [0.4, 0.5) is 5.69 Å². The molecule has 8 heteroatoms. The fourth-order valence-electron chi connectivity index (χ4n) is 6.35. The molecular weight excluding hydrogens is 586 g/mol. The van der Waals surface area contributed by atoms with Crippen LogP contribution in [0, 0.1) is 0 Å². The molecule has 3 heterocycles. The first-order valence-electron chi connectivity index (χ1n) is 16.4. The van der Waals surface area contributed by atoms with Gasteiger partial charge in [0.05, 0.1) is 7.11 Å². The number of rotatable bonds is 10. The van der Waals surface area contributed by atoms with Gasteiger partial charge in [-0.1, -0.05) is 66.7 Å².